The Balaban J connectivity index is 1.39. The molecular formula is C20H26N4O5S. The number of hydrogen-bond donors (Lipinski definition) is 4. The molecular weight excluding hydrogens is 408 g/mol. The molecule has 1 aromatic heterocycles. The number of aliphatic hydroxyl groups is 1. The van der Waals surface area contributed by atoms with E-state index in [4.69, 9.17) is 9.29 Å². The van der Waals surface area contributed by atoms with Crippen molar-refractivity contribution in [3.05, 3.63) is 47.8 Å². The minimum atomic E-state index is -4.29. The highest BCUT2D eigenvalue weighted by Crippen LogP contribution is 2.38. The Morgan fingerprint density at radius 3 is 2.83 bits per heavy atom. The summed E-state index contributed by atoms with van der Waals surface area (Å²) in [6.07, 6.45) is 2.23. The van der Waals surface area contributed by atoms with Gasteiger partial charge in [0.2, 0.25) is 5.88 Å². The van der Waals surface area contributed by atoms with Crippen LogP contribution in [0.2, 0.25) is 0 Å². The van der Waals surface area contributed by atoms with Gasteiger partial charge in [0.05, 0.1) is 12.1 Å². The molecule has 0 bridgehead atoms. The first kappa shape index (κ1) is 21.0. The van der Waals surface area contributed by atoms with Crippen LogP contribution in [0.25, 0.3) is 0 Å². The van der Waals surface area contributed by atoms with E-state index in [1.54, 1.807) is 6.07 Å². The number of fused-ring (bicyclic) bond motifs is 1. The van der Waals surface area contributed by atoms with Crippen molar-refractivity contribution in [1.29, 1.82) is 0 Å². The first-order chi connectivity index (χ1) is 14.3. The van der Waals surface area contributed by atoms with Crippen LogP contribution in [0, 0.1) is 11.8 Å². The summed E-state index contributed by atoms with van der Waals surface area (Å²) in [6.45, 7) is 2.16. The molecule has 4 rings (SSSR count). The first-order valence-corrected chi connectivity index (χ1v) is 11.5. The van der Waals surface area contributed by atoms with Gasteiger partial charge in [-0.05, 0) is 29.9 Å². The summed E-state index contributed by atoms with van der Waals surface area (Å²) in [5, 5.41) is 13.6. The fourth-order valence-electron chi connectivity index (χ4n) is 4.41. The maximum atomic E-state index is 10.9. The minimum absolute atomic E-state index is 0.0462. The molecule has 0 saturated heterocycles. The predicted octanol–water partition coefficient (Wildman–Crippen LogP) is 1.73. The summed E-state index contributed by atoms with van der Waals surface area (Å²) in [4.78, 5) is 8.48. The van der Waals surface area contributed by atoms with Crippen molar-refractivity contribution in [2.45, 2.75) is 44.4 Å². The molecule has 0 unspecified atom stereocenters. The molecule has 1 fully saturated rings. The Bertz CT molecular complexity index is 1000. The van der Waals surface area contributed by atoms with E-state index in [0.29, 0.717) is 30.5 Å². The Labute approximate surface area is 175 Å². The van der Waals surface area contributed by atoms with Gasteiger partial charge >= 0.3 is 10.3 Å². The highest BCUT2D eigenvalue weighted by molar-refractivity contribution is 7.83. The van der Waals surface area contributed by atoms with Gasteiger partial charge in [0.25, 0.3) is 0 Å². The zero-order valence-electron chi connectivity index (χ0n) is 16.6. The highest BCUT2D eigenvalue weighted by atomic mass is 32.2. The van der Waals surface area contributed by atoms with Crippen molar-refractivity contribution in [3.8, 4) is 5.88 Å². The second kappa shape index (κ2) is 8.46. The summed E-state index contributed by atoms with van der Waals surface area (Å²) in [5.74, 6) is 1.15. The quantitative estimate of drug-likeness (QED) is 0.484. The average molecular weight is 435 g/mol. The molecule has 0 amide bonds. The number of anilines is 1. The Kier molecular flexibility index (Phi) is 5.92. The van der Waals surface area contributed by atoms with Gasteiger partial charge in [0, 0.05) is 24.9 Å². The molecule has 0 aliphatic heterocycles. The van der Waals surface area contributed by atoms with Crippen LogP contribution in [0.15, 0.2) is 36.7 Å². The van der Waals surface area contributed by atoms with Crippen LogP contribution in [0.5, 0.6) is 5.88 Å². The van der Waals surface area contributed by atoms with Crippen LogP contribution < -0.4 is 14.8 Å². The normalized spacial score (nSPS) is 28.3. The molecule has 1 aromatic carbocycles. The van der Waals surface area contributed by atoms with Gasteiger partial charge in [-0.1, -0.05) is 31.2 Å². The molecule has 2 aromatic rings. The molecule has 0 spiro atoms. The number of nitrogens with zero attached hydrogens (tertiary/aromatic N) is 2. The molecule has 1 heterocycles. The molecule has 10 heteroatoms. The van der Waals surface area contributed by atoms with Gasteiger partial charge in [-0.2, -0.15) is 13.1 Å². The zero-order valence-corrected chi connectivity index (χ0v) is 17.4. The number of ether oxygens (including phenoxy) is 1. The smallest absolute Gasteiger partial charge is 0.333 e. The average Bonchev–Trinajstić information content (AvgIpc) is 3.19. The van der Waals surface area contributed by atoms with Crippen molar-refractivity contribution < 1.29 is 22.8 Å². The van der Waals surface area contributed by atoms with Gasteiger partial charge in [-0.25, -0.2) is 9.97 Å². The Morgan fingerprint density at radius 2 is 2.03 bits per heavy atom. The minimum Gasteiger partial charge on any atom is -0.474 e. The Hall–Kier alpha value is -2.27. The largest absolute Gasteiger partial charge is 0.474 e. The molecule has 162 valence electrons. The van der Waals surface area contributed by atoms with Crippen molar-refractivity contribution in [1.82, 2.24) is 14.7 Å². The second-order valence-electron chi connectivity index (χ2n) is 8.11. The lowest BCUT2D eigenvalue weighted by atomic mass is 10.0. The third kappa shape index (κ3) is 4.89. The fraction of sp³-hybridized carbons (Fsp3) is 0.500. The van der Waals surface area contributed by atoms with Gasteiger partial charge in [0.1, 0.15) is 18.2 Å². The van der Waals surface area contributed by atoms with Gasteiger partial charge in [-0.15, -0.1) is 0 Å². The maximum absolute atomic E-state index is 10.9. The van der Waals surface area contributed by atoms with Crippen LogP contribution in [0.4, 0.5) is 5.82 Å². The number of benzene rings is 1. The molecule has 9 nitrogen and oxygen atoms in total. The first-order valence-electron chi connectivity index (χ1n) is 10.0. The molecule has 30 heavy (non-hydrogen) atoms. The van der Waals surface area contributed by atoms with E-state index in [2.05, 4.69) is 40.4 Å². The van der Waals surface area contributed by atoms with Crippen LogP contribution in [-0.2, 0) is 16.7 Å². The standard InChI is InChI=1S/C20H26N4O5S/c1-12-6-13-4-2-3-5-16(13)20(12)24-18-9-19(22-11-21-18)29-15-7-14(17(25)8-15)10-23-30(26,27)28/h2-5,9,11-12,14-15,17,20,23,25H,6-8,10H2,1H3,(H,21,22,24)(H,26,27,28)/t12-,14-,15+,17-,20-/m0/s1. The third-order valence-electron chi connectivity index (χ3n) is 5.88. The SMILES string of the molecule is C[C@H]1Cc2ccccc2[C@H]1Nc1cc(O[C@@H]2C[C@@H](CNS(=O)(=O)O)[C@@H](O)C2)ncn1. The zero-order chi connectivity index (χ0) is 21.3. The van der Waals surface area contributed by atoms with E-state index in [-0.39, 0.29) is 24.6 Å². The lowest BCUT2D eigenvalue weighted by molar-refractivity contribution is 0.124. The summed E-state index contributed by atoms with van der Waals surface area (Å²) in [5.41, 5.74) is 2.62. The van der Waals surface area contributed by atoms with E-state index >= 15 is 0 Å². The van der Waals surface area contributed by atoms with E-state index < -0.39 is 16.4 Å². The molecule has 4 N–H and O–H groups in total. The lowest BCUT2D eigenvalue weighted by Gasteiger charge is -2.20. The topological polar surface area (TPSA) is 134 Å². The van der Waals surface area contributed by atoms with Crippen LogP contribution >= 0.6 is 0 Å². The third-order valence-corrected chi connectivity index (χ3v) is 6.41. The number of hydrogen-bond acceptors (Lipinski definition) is 7. The molecule has 1 saturated carbocycles. The van der Waals surface area contributed by atoms with Gasteiger partial charge < -0.3 is 15.2 Å². The van der Waals surface area contributed by atoms with E-state index in [1.165, 1.54) is 17.5 Å². The van der Waals surface area contributed by atoms with Crippen molar-refractivity contribution in [3.63, 3.8) is 0 Å². The maximum Gasteiger partial charge on any atom is 0.333 e. The fourth-order valence-corrected chi connectivity index (χ4v) is 4.83. The van der Waals surface area contributed by atoms with Gasteiger partial charge in [-0.3, -0.25) is 4.55 Å². The van der Waals surface area contributed by atoms with E-state index in [1.807, 2.05) is 10.8 Å². The van der Waals surface area contributed by atoms with E-state index in [9.17, 15) is 13.5 Å². The molecule has 2 aliphatic rings. The molecule has 0 radical (unpaired) electrons. The second-order valence-corrected chi connectivity index (χ2v) is 9.34. The van der Waals surface area contributed by atoms with Crippen LogP contribution in [0.3, 0.4) is 0 Å². The monoisotopic (exact) mass is 434 g/mol. The number of nitrogens with one attached hydrogen (secondary N) is 2. The molecule has 5 atom stereocenters. The summed E-state index contributed by atoms with van der Waals surface area (Å²) < 4.78 is 38.5. The summed E-state index contributed by atoms with van der Waals surface area (Å²) in [7, 11) is -4.29. The van der Waals surface area contributed by atoms with Crippen molar-refractivity contribution >= 4 is 16.1 Å². The van der Waals surface area contributed by atoms with Crippen LogP contribution in [0.1, 0.15) is 36.9 Å². The van der Waals surface area contributed by atoms with Gasteiger partial charge in [0.15, 0.2) is 0 Å². The lowest BCUT2D eigenvalue weighted by Crippen LogP contribution is -2.32. The van der Waals surface area contributed by atoms with E-state index in [0.717, 1.165) is 6.42 Å². The Morgan fingerprint density at radius 1 is 1.23 bits per heavy atom. The molecule has 2 aliphatic carbocycles. The summed E-state index contributed by atoms with van der Waals surface area (Å²) >= 11 is 0. The number of aromatic nitrogens is 2. The number of aliphatic hydroxyl groups excluding tert-OH is 1. The highest BCUT2D eigenvalue weighted by Gasteiger charge is 2.35. The number of rotatable bonds is 7. The predicted molar refractivity (Wildman–Crippen MR) is 110 cm³/mol. The van der Waals surface area contributed by atoms with Crippen LogP contribution in [-0.4, -0.2) is 46.8 Å². The van der Waals surface area contributed by atoms with Crippen molar-refractivity contribution in [2.24, 2.45) is 11.8 Å². The summed E-state index contributed by atoms with van der Waals surface area (Å²) in [6, 6.07) is 10.3. The van der Waals surface area contributed by atoms with Crippen molar-refractivity contribution in [2.75, 3.05) is 11.9 Å².